The zero-order valence-corrected chi connectivity index (χ0v) is 14.2. The molecule has 8 nitrogen and oxygen atoms in total. The molecule has 2 N–H and O–H groups in total. The molecule has 10 heteroatoms. The van der Waals surface area contributed by atoms with Crippen LogP contribution in [0.15, 0.2) is 24.3 Å². The van der Waals surface area contributed by atoms with E-state index in [9.17, 15) is 21.6 Å². The first kappa shape index (κ1) is 18.4. The number of hydrogen-bond acceptors (Lipinski definition) is 5. The van der Waals surface area contributed by atoms with Crippen LogP contribution >= 0.6 is 0 Å². The van der Waals surface area contributed by atoms with Crippen LogP contribution in [0.3, 0.4) is 0 Å². The van der Waals surface area contributed by atoms with Crippen molar-refractivity contribution in [3.8, 4) is 0 Å². The summed E-state index contributed by atoms with van der Waals surface area (Å²) in [5.74, 6) is -0.276. The Morgan fingerprint density at radius 1 is 1.18 bits per heavy atom. The number of nitrogens with zero attached hydrogens (tertiary/aromatic N) is 1. The Hall–Kier alpha value is -1.65. The molecule has 0 saturated carbocycles. The number of anilines is 2. The Labute approximate surface area is 130 Å². The van der Waals surface area contributed by atoms with Gasteiger partial charge in [0.15, 0.2) is 0 Å². The van der Waals surface area contributed by atoms with Gasteiger partial charge >= 0.3 is 0 Å². The molecule has 0 unspecified atom stereocenters. The van der Waals surface area contributed by atoms with Gasteiger partial charge in [-0.15, -0.1) is 0 Å². The van der Waals surface area contributed by atoms with Gasteiger partial charge in [0.25, 0.3) is 0 Å². The van der Waals surface area contributed by atoms with E-state index >= 15 is 0 Å². The molecule has 1 amide bonds. The van der Waals surface area contributed by atoms with Gasteiger partial charge in [-0.25, -0.2) is 21.6 Å². The van der Waals surface area contributed by atoms with E-state index in [1.165, 1.54) is 13.0 Å². The molecule has 0 heterocycles. The lowest BCUT2D eigenvalue weighted by Crippen LogP contribution is -2.37. The molecule has 0 bridgehead atoms. The van der Waals surface area contributed by atoms with Crippen LogP contribution in [-0.4, -0.2) is 48.3 Å². The van der Waals surface area contributed by atoms with E-state index in [0.717, 1.165) is 16.8 Å². The standard InChI is InChI=1S/C12H19N3O5S2/c1-10(16)14-11-5-4-6-12(9-11)15(22(3,19)20)8-7-13-21(2,17)18/h4-6,9,13H,7-8H2,1-3H3,(H,14,16). The third-order valence-corrected chi connectivity index (χ3v) is 4.46. The molecule has 22 heavy (non-hydrogen) atoms. The summed E-state index contributed by atoms with van der Waals surface area (Å²) >= 11 is 0. The minimum atomic E-state index is -3.60. The average molecular weight is 349 g/mol. The lowest BCUT2D eigenvalue weighted by atomic mass is 10.2. The quantitative estimate of drug-likeness (QED) is 0.717. The Bertz CT molecular complexity index is 744. The largest absolute Gasteiger partial charge is 0.326 e. The van der Waals surface area contributed by atoms with Crippen molar-refractivity contribution in [3.05, 3.63) is 24.3 Å². The van der Waals surface area contributed by atoms with E-state index in [4.69, 9.17) is 0 Å². The maximum atomic E-state index is 11.9. The topological polar surface area (TPSA) is 113 Å². The smallest absolute Gasteiger partial charge is 0.232 e. The van der Waals surface area contributed by atoms with Crippen LogP contribution in [0, 0.1) is 0 Å². The van der Waals surface area contributed by atoms with Crippen molar-refractivity contribution in [2.75, 3.05) is 35.2 Å². The van der Waals surface area contributed by atoms with Crippen molar-refractivity contribution in [2.45, 2.75) is 6.92 Å². The maximum absolute atomic E-state index is 11.9. The number of carbonyl (C=O) groups is 1. The molecule has 1 rings (SSSR count). The summed E-state index contributed by atoms with van der Waals surface area (Å²) in [7, 11) is -7.00. The molecule has 0 saturated heterocycles. The Morgan fingerprint density at radius 3 is 2.32 bits per heavy atom. The van der Waals surface area contributed by atoms with Crippen LogP contribution in [-0.2, 0) is 24.8 Å². The molecule has 0 aliphatic carbocycles. The first-order valence-electron chi connectivity index (χ1n) is 6.29. The van der Waals surface area contributed by atoms with Gasteiger partial charge in [0, 0.05) is 25.7 Å². The van der Waals surface area contributed by atoms with Crippen molar-refractivity contribution < 1.29 is 21.6 Å². The van der Waals surface area contributed by atoms with E-state index in [-0.39, 0.29) is 19.0 Å². The van der Waals surface area contributed by atoms with Crippen LogP contribution in [0.4, 0.5) is 11.4 Å². The first-order chi connectivity index (χ1) is 9.99. The summed E-state index contributed by atoms with van der Waals surface area (Å²) in [6.45, 7) is 1.22. The number of sulfonamides is 2. The van der Waals surface area contributed by atoms with Crippen molar-refractivity contribution in [1.82, 2.24) is 4.72 Å². The van der Waals surface area contributed by atoms with E-state index in [0.29, 0.717) is 11.4 Å². The average Bonchev–Trinajstić information content (AvgIpc) is 2.31. The Balaban J connectivity index is 3.00. The molecule has 0 aromatic heterocycles. The lowest BCUT2D eigenvalue weighted by Gasteiger charge is -2.23. The molecule has 0 aliphatic heterocycles. The predicted molar refractivity (Wildman–Crippen MR) is 85.8 cm³/mol. The van der Waals surface area contributed by atoms with Crippen molar-refractivity contribution in [1.29, 1.82) is 0 Å². The molecule has 0 fully saturated rings. The van der Waals surface area contributed by atoms with Crippen molar-refractivity contribution in [3.63, 3.8) is 0 Å². The van der Waals surface area contributed by atoms with E-state index in [1.807, 2.05) is 0 Å². The number of nitrogens with one attached hydrogen (secondary N) is 2. The van der Waals surface area contributed by atoms with Gasteiger partial charge in [0.2, 0.25) is 26.0 Å². The molecular formula is C12H19N3O5S2. The van der Waals surface area contributed by atoms with Gasteiger partial charge in [-0.2, -0.15) is 0 Å². The first-order valence-corrected chi connectivity index (χ1v) is 10.0. The number of rotatable bonds is 7. The van der Waals surface area contributed by atoms with Crippen LogP contribution in [0.1, 0.15) is 6.92 Å². The second-order valence-electron chi connectivity index (χ2n) is 4.73. The summed E-state index contributed by atoms with van der Waals surface area (Å²) in [5, 5.41) is 2.56. The zero-order chi connectivity index (χ0) is 17.0. The van der Waals surface area contributed by atoms with Gasteiger partial charge in [-0.1, -0.05) is 6.07 Å². The zero-order valence-electron chi connectivity index (χ0n) is 12.5. The number of hydrogen-bond donors (Lipinski definition) is 2. The fourth-order valence-electron chi connectivity index (χ4n) is 1.76. The SMILES string of the molecule is CC(=O)Nc1cccc(N(CCNS(C)(=O)=O)S(C)(=O)=O)c1. The van der Waals surface area contributed by atoms with E-state index in [1.54, 1.807) is 18.2 Å². The number of amides is 1. The van der Waals surface area contributed by atoms with Crippen molar-refractivity contribution in [2.24, 2.45) is 0 Å². The summed E-state index contributed by atoms with van der Waals surface area (Å²) < 4.78 is 49.2. The molecule has 0 radical (unpaired) electrons. The molecule has 0 atom stereocenters. The highest BCUT2D eigenvalue weighted by Crippen LogP contribution is 2.21. The molecule has 1 aromatic carbocycles. The third-order valence-electron chi connectivity index (χ3n) is 2.53. The summed E-state index contributed by atoms with van der Waals surface area (Å²) in [6.07, 6.45) is 2.02. The second kappa shape index (κ2) is 7.07. The van der Waals surface area contributed by atoms with Gasteiger partial charge in [0.1, 0.15) is 0 Å². The van der Waals surface area contributed by atoms with Gasteiger partial charge < -0.3 is 5.32 Å². The molecular weight excluding hydrogens is 330 g/mol. The molecule has 1 aromatic rings. The Morgan fingerprint density at radius 2 is 1.82 bits per heavy atom. The Kier molecular flexibility index (Phi) is 5.92. The molecule has 0 spiro atoms. The summed E-state index contributed by atoms with van der Waals surface area (Å²) in [5.41, 5.74) is 0.791. The number of carbonyl (C=O) groups excluding carboxylic acids is 1. The number of benzene rings is 1. The molecule has 0 aliphatic rings. The highest BCUT2D eigenvalue weighted by atomic mass is 32.2. The van der Waals surface area contributed by atoms with Crippen LogP contribution in [0.25, 0.3) is 0 Å². The van der Waals surface area contributed by atoms with Gasteiger partial charge in [0.05, 0.1) is 18.2 Å². The van der Waals surface area contributed by atoms with E-state index in [2.05, 4.69) is 10.0 Å². The summed E-state index contributed by atoms with van der Waals surface area (Å²) in [4.78, 5) is 11.1. The molecule has 124 valence electrons. The highest BCUT2D eigenvalue weighted by molar-refractivity contribution is 7.92. The van der Waals surface area contributed by atoms with Gasteiger partial charge in [-0.3, -0.25) is 9.10 Å². The van der Waals surface area contributed by atoms with Gasteiger partial charge in [-0.05, 0) is 18.2 Å². The van der Waals surface area contributed by atoms with Crippen molar-refractivity contribution >= 4 is 37.3 Å². The third kappa shape index (κ3) is 6.41. The van der Waals surface area contributed by atoms with Crippen LogP contribution in [0.2, 0.25) is 0 Å². The maximum Gasteiger partial charge on any atom is 0.232 e. The predicted octanol–water partition coefficient (Wildman–Crippen LogP) is -0.0398. The van der Waals surface area contributed by atoms with Crippen LogP contribution in [0.5, 0.6) is 0 Å². The minimum Gasteiger partial charge on any atom is -0.326 e. The lowest BCUT2D eigenvalue weighted by molar-refractivity contribution is -0.114. The minimum absolute atomic E-state index is 0.0593. The highest BCUT2D eigenvalue weighted by Gasteiger charge is 2.18. The fourth-order valence-corrected chi connectivity index (χ4v) is 3.14. The summed E-state index contributed by atoms with van der Waals surface area (Å²) in [6, 6.07) is 6.29. The van der Waals surface area contributed by atoms with E-state index < -0.39 is 20.0 Å². The second-order valence-corrected chi connectivity index (χ2v) is 8.47. The fraction of sp³-hybridized carbons (Fsp3) is 0.417. The monoisotopic (exact) mass is 349 g/mol. The normalized spacial score (nSPS) is 12.0. The van der Waals surface area contributed by atoms with Crippen LogP contribution < -0.4 is 14.3 Å².